The lowest BCUT2D eigenvalue weighted by molar-refractivity contribution is 0.0763. The number of fused-ring (bicyclic) bond motifs is 1. The first-order chi connectivity index (χ1) is 11.5. The molecule has 24 heavy (non-hydrogen) atoms. The molecule has 0 spiro atoms. The van der Waals surface area contributed by atoms with Crippen LogP contribution in [0, 0.1) is 0 Å². The number of carbonyl (C=O) groups excluding carboxylic acids is 1. The number of aryl methyl sites for hydroxylation is 1. The van der Waals surface area contributed by atoms with Crippen molar-refractivity contribution in [2.24, 2.45) is 7.05 Å². The van der Waals surface area contributed by atoms with Gasteiger partial charge >= 0.3 is 5.76 Å². The standard InChI is InChI=1S/C17H21N3O4/c1-18-12-8-11(4-5-15(12)24-17(18)23)16(22)20-9-13(14(21)10-20)19-6-2-3-7-19/h4-5,8,13-14,21H,2-3,6-7,9-10H2,1H3/t13-,14-/m1/s1. The van der Waals surface area contributed by atoms with Gasteiger partial charge in [0.2, 0.25) is 0 Å². The van der Waals surface area contributed by atoms with E-state index < -0.39 is 11.9 Å². The number of hydrogen-bond acceptors (Lipinski definition) is 5. The van der Waals surface area contributed by atoms with Crippen molar-refractivity contribution in [1.82, 2.24) is 14.4 Å². The summed E-state index contributed by atoms with van der Waals surface area (Å²) in [4.78, 5) is 28.3. The molecule has 0 aliphatic carbocycles. The highest BCUT2D eigenvalue weighted by Gasteiger charge is 2.38. The van der Waals surface area contributed by atoms with Crippen molar-refractivity contribution in [1.29, 1.82) is 0 Å². The molecule has 4 rings (SSSR count). The minimum atomic E-state index is -0.505. The van der Waals surface area contributed by atoms with Gasteiger partial charge in [0.05, 0.1) is 17.7 Å². The molecule has 1 aromatic heterocycles. The number of aliphatic hydroxyl groups excluding tert-OH is 1. The second-order valence-electron chi connectivity index (χ2n) is 6.70. The minimum absolute atomic E-state index is 0.0264. The zero-order valence-corrected chi connectivity index (χ0v) is 13.6. The fraction of sp³-hybridized carbons (Fsp3) is 0.529. The average Bonchev–Trinajstić information content (AvgIpc) is 3.28. The molecule has 1 amide bonds. The lowest BCUT2D eigenvalue weighted by Gasteiger charge is -2.25. The van der Waals surface area contributed by atoms with Gasteiger partial charge in [-0.15, -0.1) is 0 Å². The maximum atomic E-state index is 12.8. The topological polar surface area (TPSA) is 78.9 Å². The number of amides is 1. The Kier molecular flexibility index (Phi) is 3.69. The lowest BCUT2D eigenvalue weighted by atomic mass is 10.2. The van der Waals surface area contributed by atoms with Crippen LogP contribution >= 0.6 is 0 Å². The third-order valence-electron chi connectivity index (χ3n) is 5.19. The van der Waals surface area contributed by atoms with Gasteiger partial charge in [-0.25, -0.2) is 4.79 Å². The predicted molar refractivity (Wildman–Crippen MR) is 88.0 cm³/mol. The molecule has 2 atom stereocenters. The van der Waals surface area contributed by atoms with Crippen LogP contribution in [-0.4, -0.2) is 63.7 Å². The Balaban J connectivity index is 1.57. The molecule has 2 saturated heterocycles. The minimum Gasteiger partial charge on any atom is -0.408 e. The molecular weight excluding hydrogens is 310 g/mol. The van der Waals surface area contributed by atoms with Gasteiger partial charge < -0.3 is 14.4 Å². The Bertz CT molecular complexity index is 834. The van der Waals surface area contributed by atoms with Crippen LogP contribution < -0.4 is 5.76 Å². The van der Waals surface area contributed by atoms with E-state index in [1.807, 2.05) is 0 Å². The van der Waals surface area contributed by atoms with Crippen molar-refractivity contribution in [3.8, 4) is 0 Å². The molecule has 2 aliphatic rings. The molecule has 0 saturated carbocycles. The van der Waals surface area contributed by atoms with Crippen molar-refractivity contribution in [2.45, 2.75) is 25.0 Å². The summed E-state index contributed by atoms with van der Waals surface area (Å²) >= 11 is 0. The molecule has 0 bridgehead atoms. The van der Waals surface area contributed by atoms with Crippen LogP contribution in [0.3, 0.4) is 0 Å². The Labute approximate surface area is 139 Å². The molecule has 7 nitrogen and oxygen atoms in total. The van der Waals surface area contributed by atoms with Gasteiger partial charge in [0.25, 0.3) is 5.91 Å². The van der Waals surface area contributed by atoms with Crippen LogP contribution in [0.2, 0.25) is 0 Å². The number of hydrogen-bond donors (Lipinski definition) is 1. The summed E-state index contributed by atoms with van der Waals surface area (Å²) in [6.45, 7) is 2.88. The molecule has 2 aromatic rings. The Morgan fingerprint density at radius 3 is 2.75 bits per heavy atom. The molecular formula is C17H21N3O4. The maximum Gasteiger partial charge on any atom is 0.419 e. The zero-order chi connectivity index (χ0) is 16.8. The van der Waals surface area contributed by atoms with Crippen molar-refractivity contribution in [3.05, 3.63) is 34.3 Å². The lowest BCUT2D eigenvalue weighted by Crippen LogP contribution is -2.41. The number of aliphatic hydroxyl groups is 1. The van der Waals surface area contributed by atoms with E-state index in [9.17, 15) is 14.7 Å². The second-order valence-corrected chi connectivity index (χ2v) is 6.70. The number of oxazole rings is 1. The number of rotatable bonds is 2. The predicted octanol–water partition coefficient (Wildman–Crippen LogP) is 0.413. The summed E-state index contributed by atoms with van der Waals surface area (Å²) in [6.07, 6.45) is 1.80. The van der Waals surface area contributed by atoms with E-state index in [2.05, 4.69) is 4.90 Å². The number of carbonyl (C=O) groups is 1. The van der Waals surface area contributed by atoms with E-state index in [0.29, 0.717) is 29.8 Å². The Hall–Kier alpha value is -2.12. The van der Waals surface area contributed by atoms with Gasteiger partial charge in [-0.2, -0.15) is 0 Å². The van der Waals surface area contributed by atoms with E-state index in [1.54, 1.807) is 30.1 Å². The van der Waals surface area contributed by atoms with E-state index in [1.165, 1.54) is 4.57 Å². The number of β-amino-alcohol motifs (C(OH)–C–C–N with tert-alkyl or cyclic N) is 1. The highest BCUT2D eigenvalue weighted by molar-refractivity contribution is 5.97. The van der Waals surface area contributed by atoms with Crippen molar-refractivity contribution >= 4 is 17.0 Å². The summed E-state index contributed by atoms with van der Waals surface area (Å²) < 4.78 is 6.48. The third-order valence-corrected chi connectivity index (χ3v) is 5.19. The van der Waals surface area contributed by atoms with Crippen molar-refractivity contribution < 1.29 is 14.3 Å². The van der Waals surface area contributed by atoms with Gasteiger partial charge in [0.1, 0.15) is 0 Å². The number of aromatic nitrogens is 1. The fourth-order valence-electron chi connectivity index (χ4n) is 3.81. The smallest absolute Gasteiger partial charge is 0.408 e. The summed E-state index contributed by atoms with van der Waals surface area (Å²) in [5, 5.41) is 10.3. The normalized spacial score (nSPS) is 25.0. The zero-order valence-electron chi connectivity index (χ0n) is 13.6. The molecule has 1 aromatic carbocycles. The van der Waals surface area contributed by atoms with Crippen LogP contribution in [0.4, 0.5) is 0 Å². The molecule has 1 N–H and O–H groups in total. The van der Waals surface area contributed by atoms with E-state index >= 15 is 0 Å². The van der Waals surface area contributed by atoms with Crippen LogP contribution in [0.15, 0.2) is 27.4 Å². The average molecular weight is 331 g/mol. The first kappa shape index (κ1) is 15.4. The van der Waals surface area contributed by atoms with Gasteiger partial charge in [-0.1, -0.05) is 0 Å². The number of likely N-dealkylation sites (tertiary alicyclic amines) is 2. The molecule has 2 fully saturated rings. The summed E-state index contributed by atoms with van der Waals surface area (Å²) in [7, 11) is 1.62. The molecule has 128 valence electrons. The highest BCUT2D eigenvalue weighted by Crippen LogP contribution is 2.23. The monoisotopic (exact) mass is 331 g/mol. The second kappa shape index (κ2) is 5.75. The highest BCUT2D eigenvalue weighted by atomic mass is 16.4. The number of benzene rings is 1. The molecule has 0 unspecified atom stereocenters. The SMILES string of the molecule is Cn1c(=O)oc2ccc(C(=O)N3C[C@@H](O)[C@H](N4CCCC4)C3)cc21. The molecule has 3 heterocycles. The first-order valence-electron chi connectivity index (χ1n) is 8.35. The van der Waals surface area contributed by atoms with E-state index in [0.717, 1.165) is 25.9 Å². The summed E-state index contributed by atoms with van der Waals surface area (Å²) in [6, 6.07) is 5.02. The molecule has 7 heteroatoms. The largest absolute Gasteiger partial charge is 0.419 e. The van der Waals surface area contributed by atoms with Gasteiger partial charge in [-0.05, 0) is 44.1 Å². The Morgan fingerprint density at radius 1 is 1.25 bits per heavy atom. The van der Waals surface area contributed by atoms with E-state index in [4.69, 9.17) is 4.42 Å². The third kappa shape index (κ3) is 2.44. The fourth-order valence-corrected chi connectivity index (χ4v) is 3.81. The van der Waals surface area contributed by atoms with E-state index in [-0.39, 0.29) is 11.9 Å². The summed E-state index contributed by atoms with van der Waals surface area (Å²) in [5.41, 5.74) is 1.57. The van der Waals surface area contributed by atoms with Crippen LogP contribution in [0.5, 0.6) is 0 Å². The first-order valence-corrected chi connectivity index (χ1v) is 8.35. The van der Waals surface area contributed by atoms with Gasteiger partial charge in [0, 0.05) is 25.7 Å². The van der Waals surface area contributed by atoms with Gasteiger partial charge in [-0.3, -0.25) is 14.3 Å². The Morgan fingerprint density at radius 2 is 2.00 bits per heavy atom. The van der Waals surface area contributed by atoms with Crippen LogP contribution in [-0.2, 0) is 7.05 Å². The summed E-state index contributed by atoms with van der Waals surface area (Å²) in [5.74, 6) is -0.563. The van der Waals surface area contributed by atoms with Crippen LogP contribution in [0.1, 0.15) is 23.2 Å². The molecule has 0 radical (unpaired) electrons. The quantitative estimate of drug-likeness (QED) is 0.862. The van der Waals surface area contributed by atoms with Crippen molar-refractivity contribution in [3.63, 3.8) is 0 Å². The van der Waals surface area contributed by atoms with Crippen LogP contribution in [0.25, 0.3) is 11.1 Å². The number of nitrogens with zero attached hydrogens (tertiary/aromatic N) is 3. The van der Waals surface area contributed by atoms with Gasteiger partial charge in [0.15, 0.2) is 5.58 Å². The van der Waals surface area contributed by atoms with Crippen molar-refractivity contribution in [2.75, 3.05) is 26.2 Å². The maximum absolute atomic E-state index is 12.8. The molecule has 2 aliphatic heterocycles.